The molecule has 0 unspecified atom stereocenters. The second-order valence-electron chi connectivity index (χ2n) is 1.80. The molecule has 1 aliphatic rings. The fraction of sp³-hybridized carbons (Fsp3) is 0.600. The van der Waals surface area contributed by atoms with Crippen molar-refractivity contribution in [1.82, 2.24) is 4.90 Å². The zero-order chi connectivity index (χ0) is 5.98. The van der Waals surface area contributed by atoms with Crippen LogP contribution in [0.25, 0.3) is 0 Å². The summed E-state index contributed by atoms with van der Waals surface area (Å²) in [5.74, 6) is -0.0417. The molecule has 3 nitrogen and oxygen atoms in total. The zero-order valence-electron chi connectivity index (χ0n) is 4.46. The van der Waals surface area contributed by atoms with Gasteiger partial charge in [0.05, 0.1) is 0 Å². The smallest absolute Gasteiger partial charge is 0.229 e. The Labute approximate surface area is 47.3 Å². The molecule has 0 aromatic rings. The number of carbonyl (C=O) groups is 2. The van der Waals surface area contributed by atoms with Crippen molar-refractivity contribution in [2.45, 2.75) is 12.8 Å². The van der Waals surface area contributed by atoms with Crippen LogP contribution in [0, 0.1) is 0 Å². The van der Waals surface area contributed by atoms with E-state index in [1.807, 2.05) is 0 Å². The molecule has 3 heteroatoms. The predicted octanol–water partition coefficient (Wildman–Crippen LogP) is -0.235. The molecule has 0 N–H and O–H groups in total. The standard InChI is InChI=1S/C5H7NO2/c7-4-6-3-1-2-5(6)8/h4H,1-3H2. The van der Waals surface area contributed by atoms with Crippen LogP contribution in [0.5, 0.6) is 0 Å². The van der Waals surface area contributed by atoms with Crippen LogP contribution >= 0.6 is 0 Å². The second-order valence-corrected chi connectivity index (χ2v) is 1.80. The van der Waals surface area contributed by atoms with Gasteiger partial charge in [-0.3, -0.25) is 14.5 Å². The maximum atomic E-state index is 10.5. The third-order valence-corrected chi connectivity index (χ3v) is 1.24. The van der Waals surface area contributed by atoms with Crippen molar-refractivity contribution in [2.75, 3.05) is 6.54 Å². The van der Waals surface area contributed by atoms with Crippen LogP contribution < -0.4 is 0 Å². The maximum Gasteiger partial charge on any atom is 0.229 e. The summed E-state index contributed by atoms with van der Waals surface area (Å²) in [6.07, 6.45) is 1.96. The number of hydrogen-bond acceptors (Lipinski definition) is 2. The van der Waals surface area contributed by atoms with E-state index in [1.165, 1.54) is 4.90 Å². The third-order valence-electron chi connectivity index (χ3n) is 1.24. The topological polar surface area (TPSA) is 37.4 Å². The average molecular weight is 113 g/mol. The summed E-state index contributed by atoms with van der Waals surface area (Å²) in [7, 11) is 0. The van der Waals surface area contributed by atoms with Gasteiger partial charge in [-0.15, -0.1) is 0 Å². The lowest BCUT2D eigenvalue weighted by Gasteiger charge is -2.01. The Bertz CT molecular complexity index is 122. The molecule has 0 aliphatic carbocycles. The van der Waals surface area contributed by atoms with E-state index in [1.54, 1.807) is 0 Å². The molecule has 0 radical (unpaired) electrons. The Kier molecular flexibility index (Phi) is 1.28. The number of amides is 2. The molecule has 44 valence electrons. The highest BCUT2D eigenvalue weighted by atomic mass is 16.2. The summed E-state index contributed by atoms with van der Waals surface area (Å²) in [5, 5.41) is 0. The van der Waals surface area contributed by atoms with Crippen LogP contribution in [0.15, 0.2) is 0 Å². The minimum Gasteiger partial charge on any atom is -0.285 e. The summed E-state index contributed by atoms with van der Waals surface area (Å²) in [4.78, 5) is 21.6. The van der Waals surface area contributed by atoms with Crippen LogP contribution in [-0.4, -0.2) is 23.8 Å². The van der Waals surface area contributed by atoms with E-state index in [0.29, 0.717) is 19.4 Å². The van der Waals surface area contributed by atoms with Gasteiger partial charge in [0, 0.05) is 13.0 Å². The monoisotopic (exact) mass is 113 g/mol. The van der Waals surface area contributed by atoms with Crippen molar-refractivity contribution in [3.63, 3.8) is 0 Å². The van der Waals surface area contributed by atoms with Gasteiger partial charge >= 0.3 is 0 Å². The largest absolute Gasteiger partial charge is 0.285 e. The molecule has 2 amide bonds. The number of likely N-dealkylation sites (tertiary alicyclic amines) is 1. The molecule has 1 heterocycles. The van der Waals surface area contributed by atoms with Crippen molar-refractivity contribution in [3.8, 4) is 0 Å². The van der Waals surface area contributed by atoms with Gasteiger partial charge in [-0.2, -0.15) is 0 Å². The number of carbonyl (C=O) groups excluding carboxylic acids is 2. The van der Waals surface area contributed by atoms with Crippen molar-refractivity contribution in [1.29, 1.82) is 0 Å². The first-order valence-electron chi connectivity index (χ1n) is 2.59. The number of rotatable bonds is 1. The molecule has 0 aromatic heterocycles. The summed E-state index contributed by atoms with van der Waals surface area (Å²) >= 11 is 0. The second kappa shape index (κ2) is 1.94. The normalized spacial score (nSPS) is 19.5. The Balaban J connectivity index is 2.54. The highest BCUT2D eigenvalue weighted by molar-refractivity contribution is 5.87. The Morgan fingerprint density at radius 1 is 1.62 bits per heavy atom. The minimum atomic E-state index is -0.0417. The summed E-state index contributed by atoms with van der Waals surface area (Å²) in [6, 6.07) is 0. The summed E-state index contributed by atoms with van der Waals surface area (Å²) < 4.78 is 0. The van der Waals surface area contributed by atoms with Crippen LogP contribution in [0.1, 0.15) is 12.8 Å². The number of imide groups is 1. The molecule has 0 saturated carbocycles. The minimum absolute atomic E-state index is 0.0417. The fourth-order valence-corrected chi connectivity index (χ4v) is 0.780. The first kappa shape index (κ1) is 5.28. The van der Waals surface area contributed by atoms with Crippen molar-refractivity contribution in [2.24, 2.45) is 0 Å². The molecule has 0 bridgehead atoms. The van der Waals surface area contributed by atoms with E-state index < -0.39 is 0 Å². The van der Waals surface area contributed by atoms with Crippen LogP contribution in [0.2, 0.25) is 0 Å². The van der Waals surface area contributed by atoms with Gasteiger partial charge < -0.3 is 0 Å². The lowest BCUT2D eigenvalue weighted by Crippen LogP contribution is -2.21. The van der Waals surface area contributed by atoms with E-state index in [4.69, 9.17) is 0 Å². The summed E-state index contributed by atoms with van der Waals surface area (Å²) in [6.45, 7) is 0.613. The first-order chi connectivity index (χ1) is 3.84. The molecule has 1 aliphatic heterocycles. The highest BCUT2D eigenvalue weighted by Crippen LogP contribution is 2.05. The molecule has 0 spiro atoms. The number of nitrogens with zero attached hydrogens (tertiary/aromatic N) is 1. The predicted molar refractivity (Wildman–Crippen MR) is 27.0 cm³/mol. The van der Waals surface area contributed by atoms with Gasteiger partial charge in [-0.05, 0) is 6.42 Å². The summed E-state index contributed by atoms with van der Waals surface area (Å²) in [5.41, 5.74) is 0. The molecule has 0 aromatic carbocycles. The van der Waals surface area contributed by atoms with Gasteiger partial charge in [-0.25, -0.2) is 0 Å². The quantitative estimate of drug-likeness (QED) is 0.440. The van der Waals surface area contributed by atoms with Crippen molar-refractivity contribution in [3.05, 3.63) is 0 Å². The molecule has 1 rings (SSSR count). The Morgan fingerprint density at radius 3 is 2.62 bits per heavy atom. The zero-order valence-corrected chi connectivity index (χ0v) is 4.46. The molecule has 1 fully saturated rings. The van der Waals surface area contributed by atoms with Gasteiger partial charge in [0.15, 0.2) is 0 Å². The van der Waals surface area contributed by atoms with E-state index in [9.17, 15) is 9.59 Å². The van der Waals surface area contributed by atoms with Crippen molar-refractivity contribution >= 4 is 12.3 Å². The van der Waals surface area contributed by atoms with Crippen LogP contribution in [0.4, 0.5) is 0 Å². The Hall–Kier alpha value is -0.860. The van der Waals surface area contributed by atoms with E-state index in [2.05, 4.69) is 0 Å². The van der Waals surface area contributed by atoms with Gasteiger partial charge in [0.2, 0.25) is 12.3 Å². The van der Waals surface area contributed by atoms with Crippen LogP contribution in [-0.2, 0) is 9.59 Å². The van der Waals surface area contributed by atoms with E-state index >= 15 is 0 Å². The average Bonchev–Trinajstić information content (AvgIpc) is 2.14. The number of hydrogen-bond donors (Lipinski definition) is 0. The van der Waals surface area contributed by atoms with Crippen molar-refractivity contribution < 1.29 is 9.59 Å². The maximum absolute atomic E-state index is 10.5. The molecule has 1 saturated heterocycles. The van der Waals surface area contributed by atoms with Gasteiger partial charge in [0.25, 0.3) is 0 Å². The fourth-order valence-electron chi connectivity index (χ4n) is 0.780. The van der Waals surface area contributed by atoms with Gasteiger partial charge in [0.1, 0.15) is 0 Å². The van der Waals surface area contributed by atoms with Crippen LogP contribution in [0.3, 0.4) is 0 Å². The highest BCUT2D eigenvalue weighted by Gasteiger charge is 2.18. The Morgan fingerprint density at radius 2 is 2.38 bits per heavy atom. The van der Waals surface area contributed by atoms with E-state index in [0.717, 1.165) is 6.42 Å². The SMILES string of the molecule is O=CN1CCCC1=O. The molecular formula is C5H7NO2. The molecular weight excluding hydrogens is 106 g/mol. The van der Waals surface area contributed by atoms with E-state index in [-0.39, 0.29) is 5.91 Å². The molecule has 8 heavy (non-hydrogen) atoms. The van der Waals surface area contributed by atoms with Gasteiger partial charge in [-0.1, -0.05) is 0 Å². The lowest BCUT2D eigenvalue weighted by atomic mass is 10.4. The lowest BCUT2D eigenvalue weighted by molar-refractivity contribution is -0.134. The first-order valence-corrected chi connectivity index (χ1v) is 2.59. The molecule has 0 atom stereocenters. The third kappa shape index (κ3) is 0.710.